The molecule has 0 saturated heterocycles. The van der Waals surface area contributed by atoms with Gasteiger partial charge in [0.15, 0.2) is 11.5 Å². The lowest BCUT2D eigenvalue weighted by atomic mass is 10.1. The van der Waals surface area contributed by atoms with Crippen LogP contribution >= 0.6 is 0 Å². The Hall–Kier alpha value is -3.15. The summed E-state index contributed by atoms with van der Waals surface area (Å²) in [5, 5.41) is 3.98. The van der Waals surface area contributed by atoms with Gasteiger partial charge in [0.05, 0.1) is 25.9 Å². The molecule has 154 valence electrons. The summed E-state index contributed by atoms with van der Waals surface area (Å²) < 4.78 is 22.9. The minimum Gasteiger partial charge on any atom is -0.490 e. The second kappa shape index (κ2) is 9.37. The minimum atomic E-state index is -0.299. The van der Waals surface area contributed by atoms with Crippen molar-refractivity contribution in [3.05, 3.63) is 53.8 Å². The summed E-state index contributed by atoms with van der Waals surface area (Å²) in [6, 6.07) is 12.8. The number of fused-ring (bicyclic) bond motifs is 1. The number of furan rings is 1. The molecule has 0 bridgehead atoms. The van der Waals surface area contributed by atoms with Crippen LogP contribution in [0.4, 0.5) is 0 Å². The van der Waals surface area contributed by atoms with E-state index in [1.165, 1.54) is 0 Å². The van der Waals surface area contributed by atoms with E-state index in [0.717, 1.165) is 11.0 Å². The Bertz CT molecular complexity index is 918. The van der Waals surface area contributed by atoms with Crippen molar-refractivity contribution in [1.29, 1.82) is 0 Å². The van der Waals surface area contributed by atoms with Crippen molar-refractivity contribution in [2.45, 2.75) is 33.7 Å². The normalized spacial score (nSPS) is 11.9. The largest absolute Gasteiger partial charge is 0.490 e. The first-order valence-corrected chi connectivity index (χ1v) is 9.93. The molecular formula is C23H27NO5. The lowest BCUT2D eigenvalue weighted by Crippen LogP contribution is -2.26. The number of ether oxygens (including phenoxy) is 3. The van der Waals surface area contributed by atoms with Crippen LogP contribution in [0.15, 0.2) is 46.9 Å². The SMILES string of the molecule is CCOc1cc(C(=O)N[C@H](C)c2cc3ccccc3o2)cc(OCC)c1OCC. The zero-order chi connectivity index (χ0) is 20.8. The molecule has 1 amide bonds. The summed E-state index contributed by atoms with van der Waals surface area (Å²) >= 11 is 0. The molecule has 0 spiro atoms. The van der Waals surface area contributed by atoms with Gasteiger partial charge in [-0.1, -0.05) is 18.2 Å². The van der Waals surface area contributed by atoms with Gasteiger partial charge in [-0.15, -0.1) is 0 Å². The predicted molar refractivity (Wildman–Crippen MR) is 112 cm³/mol. The van der Waals surface area contributed by atoms with Crippen molar-refractivity contribution < 1.29 is 23.4 Å². The highest BCUT2D eigenvalue weighted by molar-refractivity contribution is 5.96. The van der Waals surface area contributed by atoms with Gasteiger partial charge in [-0.2, -0.15) is 0 Å². The van der Waals surface area contributed by atoms with Crippen LogP contribution in [0, 0.1) is 0 Å². The summed E-state index contributed by atoms with van der Waals surface area (Å²) in [7, 11) is 0. The number of nitrogens with one attached hydrogen (secondary N) is 1. The van der Waals surface area contributed by atoms with Gasteiger partial charge >= 0.3 is 0 Å². The molecule has 1 heterocycles. The van der Waals surface area contributed by atoms with Crippen LogP contribution in [0.25, 0.3) is 11.0 Å². The first-order valence-electron chi connectivity index (χ1n) is 9.93. The molecule has 29 heavy (non-hydrogen) atoms. The Balaban J connectivity index is 1.86. The fourth-order valence-electron chi connectivity index (χ4n) is 3.09. The average molecular weight is 397 g/mol. The zero-order valence-corrected chi connectivity index (χ0v) is 17.3. The van der Waals surface area contributed by atoms with E-state index in [1.807, 2.05) is 58.0 Å². The van der Waals surface area contributed by atoms with Crippen molar-refractivity contribution >= 4 is 16.9 Å². The van der Waals surface area contributed by atoms with E-state index in [0.29, 0.717) is 48.4 Å². The van der Waals surface area contributed by atoms with Crippen LogP contribution in [0.1, 0.15) is 49.9 Å². The second-order valence-electron chi connectivity index (χ2n) is 6.48. The van der Waals surface area contributed by atoms with E-state index in [2.05, 4.69) is 5.32 Å². The highest BCUT2D eigenvalue weighted by Crippen LogP contribution is 2.39. The number of rotatable bonds is 9. The number of benzene rings is 2. The smallest absolute Gasteiger partial charge is 0.252 e. The van der Waals surface area contributed by atoms with Crippen LogP contribution in [0.5, 0.6) is 17.2 Å². The van der Waals surface area contributed by atoms with Gasteiger partial charge in [0.25, 0.3) is 5.91 Å². The number of hydrogen-bond acceptors (Lipinski definition) is 5. The average Bonchev–Trinajstić information content (AvgIpc) is 3.15. The summed E-state index contributed by atoms with van der Waals surface area (Å²) in [6.45, 7) is 8.91. The maximum atomic E-state index is 12.9. The van der Waals surface area contributed by atoms with Crippen LogP contribution in [0.2, 0.25) is 0 Å². The monoisotopic (exact) mass is 397 g/mol. The van der Waals surface area contributed by atoms with E-state index in [9.17, 15) is 4.79 Å². The van der Waals surface area contributed by atoms with Gasteiger partial charge in [-0.3, -0.25) is 4.79 Å². The summed E-state index contributed by atoms with van der Waals surface area (Å²) in [6.07, 6.45) is 0. The third kappa shape index (κ3) is 4.65. The highest BCUT2D eigenvalue weighted by Gasteiger charge is 2.20. The van der Waals surface area contributed by atoms with Gasteiger partial charge in [-0.25, -0.2) is 0 Å². The molecule has 1 aromatic heterocycles. The van der Waals surface area contributed by atoms with Crippen molar-refractivity contribution in [1.82, 2.24) is 5.32 Å². The Morgan fingerprint density at radius 3 is 2.17 bits per heavy atom. The maximum Gasteiger partial charge on any atom is 0.252 e. The Kier molecular flexibility index (Phi) is 6.65. The van der Waals surface area contributed by atoms with Crippen LogP contribution in [-0.2, 0) is 0 Å². The summed E-state index contributed by atoms with van der Waals surface area (Å²) in [5.41, 5.74) is 1.23. The molecule has 0 saturated carbocycles. The number of carbonyl (C=O) groups excluding carboxylic acids is 1. The molecule has 0 aliphatic heterocycles. The number of hydrogen-bond donors (Lipinski definition) is 1. The third-order valence-electron chi connectivity index (χ3n) is 4.39. The Morgan fingerprint density at radius 2 is 1.59 bits per heavy atom. The molecule has 3 rings (SSSR count). The molecule has 1 atom stereocenters. The van der Waals surface area contributed by atoms with Gasteiger partial charge in [0.2, 0.25) is 5.75 Å². The molecule has 1 N–H and O–H groups in total. The molecule has 0 aliphatic carbocycles. The van der Waals surface area contributed by atoms with Crippen LogP contribution in [0.3, 0.4) is 0 Å². The molecule has 3 aromatic rings. The van der Waals surface area contributed by atoms with Gasteiger partial charge in [-0.05, 0) is 52.0 Å². The molecule has 0 aliphatic rings. The van der Waals surface area contributed by atoms with Gasteiger partial charge in [0, 0.05) is 10.9 Å². The third-order valence-corrected chi connectivity index (χ3v) is 4.39. The molecule has 2 aromatic carbocycles. The molecule has 6 heteroatoms. The number of para-hydroxylation sites is 1. The van der Waals surface area contributed by atoms with E-state index in [4.69, 9.17) is 18.6 Å². The van der Waals surface area contributed by atoms with Crippen molar-refractivity contribution in [2.75, 3.05) is 19.8 Å². The van der Waals surface area contributed by atoms with Gasteiger partial charge < -0.3 is 23.9 Å². The fraction of sp³-hybridized carbons (Fsp3) is 0.348. The van der Waals surface area contributed by atoms with Crippen LogP contribution < -0.4 is 19.5 Å². The zero-order valence-electron chi connectivity index (χ0n) is 17.3. The Morgan fingerprint density at radius 1 is 0.966 bits per heavy atom. The highest BCUT2D eigenvalue weighted by atomic mass is 16.5. The van der Waals surface area contributed by atoms with Gasteiger partial charge in [0.1, 0.15) is 11.3 Å². The van der Waals surface area contributed by atoms with Crippen molar-refractivity contribution in [3.63, 3.8) is 0 Å². The topological polar surface area (TPSA) is 69.9 Å². The lowest BCUT2D eigenvalue weighted by Gasteiger charge is -2.18. The summed E-state index contributed by atoms with van der Waals surface area (Å²) in [5.74, 6) is 1.94. The van der Waals surface area contributed by atoms with E-state index >= 15 is 0 Å². The van der Waals surface area contributed by atoms with Crippen LogP contribution in [-0.4, -0.2) is 25.7 Å². The first kappa shape index (κ1) is 20.6. The van der Waals surface area contributed by atoms with E-state index in [-0.39, 0.29) is 11.9 Å². The van der Waals surface area contributed by atoms with Crippen molar-refractivity contribution in [2.24, 2.45) is 0 Å². The lowest BCUT2D eigenvalue weighted by molar-refractivity contribution is 0.0934. The predicted octanol–water partition coefficient (Wildman–Crippen LogP) is 5.12. The maximum absolute atomic E-state index is 12.9. The fourth-order valence-corrected chi connectivity index (χ4v) is 3.09. The molecule has 0 fully saturated rings. The standard InChI is InChI=1S/C23H27NO5/c1-5-26-20-13-17(14-21(27-6-2)22(20)28-7-3)23(25)24-15(4)19-12-16-10-8-9-11-18(16)29-19/h8-15H,5-7H2,1-4H3,(H,24,25)/t15-/m1/s1. The summed E-state index contributed by atoms with van der Waals surface area (Å²) in [4.78, 5) is 12.9. The van der Waals surface area contributed by atoms with Crippen molar-refractivity contribution in [3.8, 4) is 17.2 Å². The molecule has 0 radical (unpaired) electrons. The Labute approximate surface area is 170 Å². The second-order valence-corrected chi connectivity index (χ2v) is 6.48. The van der Waals surface area contributed by atoms with E-state index < -0.39 is 0 Å². The number of carbonyl (C=O) groups is 1. The van der Waals surface area contributed by atoms with E-state index in [1.54, 1.807) is 12.1 Å². The minimum absolute atomic E-state index is 0.247. The molecular weight excluding hydrogens is 370 g/mol. The molecule has 0 unspecified atom stereocenters. The molecule has 6 nitrogen and oxygen atoms in total. The number of amides is 1. The first-order chi connectivity index (χ1) is 14.1. The quantitative estimate of drug-likeness (QED) is 0.543.